The molecule has 0 radical (unpaired) electrons. The van der Waals surface area contributed by atoms with Crippen molar-refractivity contribution in [2.24, 2.45) is 0 Å². The number of anilines is 1. The smallest absolute Gasteiger partial charge is 0.241 e. The Morgan fingerprint density at radius 2 is 2.10 bits per heavy atom. The Balaban J connectivity index is 1.90. The fraction of sp³-hybridized carbons (Fsp3) is 0.214. The Labute approximate surface area is 132 Å². The van der Waals surface area contributed by atoms with E-state index in [1.54, 1.807) is 41.5 Å². The summed E-state index contributed by atoms with van der Waals surface area (Å²) in [6.45, 7) is 0.795. The van der Waals surface area contributed by atoms with Gasteiger partial charge in [-0.05, 0) is 23.6 Å². The minimum absolute atomic E-state index is 0.00515. The zero-order valence-corrected chi connectivity index (χ0v) is 13.2. The van der Waals surface area contributed by atoms with Crippen molar-refractivity contribution >= 4 is 46.1 Å². The molecular weight excluding hydrogens is 315 g/mol. The standard InChI is InChI=1S/C14H14Cl2N2OS/c1-18(9-10-4-3-7-20-10)13(19)8-17-12-6-2-5-11(15)14(12)16/h2-7,17H,8-9H2,1H3. The largest absolute Gasteiger partial charge is 0.375 e. The molecule has 0 saturated heterocycles. The van der Waals surface area contributed by atoms with E-state index in [2.05, 4.69) is 5.32 Å². The van der Waals surface area contributed by atoms with Gasteiger partial charge in [0.15, 0.2) is 0 Å². The number of thiophene rings is 1. The zero-order valence-electron chi connectivity index (χ0n) is 10.9. The topological polar surface area (TPSA) is 32.3 Å². The number of benzene rings is 1. The molecule has 0 bridgehead atoms. The third-order valence-corrected chi connectivity index (χ3v) is 4.46. The molecule has 3 nitrogen and oxygen atoms in total. The van der Waals surface area contributed by atoms with Crippen LogP contribution in [0.25, 0.3) is 0 Å². The molecule has 0 fully saturated rings. The van der Waals surface area contributed by atoms with Crippen molar-refractivity contribution in [2.75, 3.05) is 18.9 Å². The summed E-state index contributed by atoms with van der Waals surface area (Å²) in [6, 6.07) is 9.27. The molecule has 0 unspecified atom stereocenters. The number of carbonyl (C=O) groups excluding carboxylic acids is 1. The highest BCUT2D eigenvalue weighted by Crippen LogP contribution is 2.29. The molecule has 1 amide bonds. The van der Waals surface area contributed by atoms with Crippen LogP contribution in [0.1, 0.15) is 4.88 Å². The molecule has 0 aliphatic heterocycles. The first-order chi connectivity index (χ1) is 9.58. The van der Waals surface area contributed by atoms with E-state index >= 15 is 0 Å². The van der Waals surface area contributed by atoms with Crippen molar-refractivity contribution in [3.63, 3.8) is 0 Å². The molecule has 1 heterocycles. The number of nitrogens with zero attached hydrogens (tertiary/aromatic N) is 1. The Hall–Kier alpha value is -1.23. The van der Waals surface area contributed by atoms with Gasteiger partial charge in [0.25, 0.3) is 0 Å². The highest BCUT2D eigenvalue weighted by atomic mass is 35.5. The van der Waals surface area contributed by atoms with Crippen molar-refractivity contribution < 1.29 is 4.79 Å². The SMILES string of the molecule is CN(Cc1cccs1)C(=O)CNc1cccc(Cl)c1Cl. The summed E-state index contributed by atoms with van der Waals surface area (Å²) in [5.74, 6) is -0.00515. The molecular formula is C14H14Cl2N2OS. The maximum Gasteiger partial charge on any atom is 0.241 e. The van der Waals surface area contributed by atoms with Crippen LogP contribution in [0, 0.1) is 0 Å². The molecule has 1 N–H and O–H groups in total. The number of halogens is 2. The van der Waals surface area contributed by atoms with Gasteiger partial charge in [-0.2, -0.15) is 0 Å². The highest BCUT2D eigenvalue weighted by Gasteiger charge is 2.11. The van der Waals surface area contributed by atoms with Gasteiger partial charge in [-0.25, -0.2) is 0 Å². The van der Waals surface area contributed by atoms with E-state index in [9.17, 15) is 4.79 Å². The van der Waals surface area contributed by atoms with Gasteiger partial charge in [-0.3, -0.25) is 4.79 Å². The second kappa shape index (κ2) is 6.97. The number of amides is 1. The molecule has 2 aromatic rings. The second-order valence-electron chi connectivity index (χ2n) is 4.28. The summed E-state index contributed by atoms with van der Waals surface area (Å²) in [6.07, 6.45) is 0. The van der Waals surface area contributed by atoms with Crippen molar-refractivity contribution in [3.05, 3.63) is 50.6 Å². The van der Waals surface area contributed by atoms with Crippen molar-refractivity contribution in [1.82, 2.24) is 4.90 Å². The normalized spacial score (nSPS) is 10.3. The molecule has 1 aromatic carbocycles. The summed E-state index contributed by atoms with van der Waals surface area (Å²) in [5, 5.41) is 5.91. The Kier molecular flexibility index (Phi) is 5.29. The van der Waals surface area contributed by atoms with Crippen LogP contribution >= 0.6 is 34.5 Å². The van der Waals surface area contributed by atoms with Crippen LogP contribution in [-0.2, 0) is 11.3 Å². The molecule has 2 rings (SSSR count). The van der Waals surface area contributed by atoms with Gasteiger partial charge in [-0.15, -0.1) is 11.3 Å². The summed E-state index contributed by atoms with van der Waals surface area (Å²) in [5.41, 5.74) is 0.664. The zero-order chi connectivity index (χ0) is 14.5. The summed E-state index contributed by atoms with van der Waals surface area (Å²) in [4.78, 5) is 14.9. The quantitative estimate of drug-likeness (QED) is 0.895. The average molecular weight is 329 g/mol. The molecule has 0 aliphatic carbocycles. The maximum absolute atomic E-state index is 12.0. The minimum Gasteiger partial charge on any atom is -0.375 e. The number of nitrogens with one attached hydrogen (secondary N) is 1. The number of hydrogen-bond acceptors (Lipinski definition) is 3. The fourth-order valence-electron chi connectivity index (χ4n) is 1.67. The van der Waals surface area contributed by atoms with Crippen LogP contribution in [0.2, 0.25) is 10.0 Å². The van der Waals surface area contributed by atoms with Crippen molar-refractivity contribution in [1.29, 1.82) is 0 Å². The van der Waals surface area contributed by atoms with Crippen LogP contribution in [0.3, 0.4) is 0 Å². The lowest BCUT2D eigenvalue weighted by atomic mass is 10.3. The third kappa shape index (κ3) is 3.88. The number of hydrogen-bond donors (Lipinski definition) is 1. The molecule has 0 saturated carbocycles. The van der Waals surface area contributed by atoms with Gasteiger partial charge in [0.2, 0.25) is 5.91 Å². The molecule has 0 aliphatic rings. The Morgan fingerprint density at radius 1 is 1.30 bits per heavy atom. The Morgan fingerprint density at radius 3 is 2.80 bits per heavy atom. The van der Waals surface area contributed by atoms with Crippen molar-refractivity contribution in [3.8, 4) is 0 Å². The third-order valence-electron chi connectivity index (χ3n) is 2.78. The highest BCUT2D eigenvalue weighted by molar-refractivity contribution is 7.09. The number of carbonyl (C=O) groups is 1. The maximum atomic E-state index is 12.0. The molecule has 0 spiro atoms. The van der Waals surface area contributed by atoms with Gasteiger partial charge >= 0.3 is 0 Å². The van der Waals surface area contributed by atoms with Crippen molar-refractivity contribution in [2.45, 2.75) is 6.54 Å². The molecule has 20 heavy (non-hydrogen) atoms. The average Bonchev–Trinajstić information content (AvgIpc) is 2.93. The lowest BCUT2D eigenvalue weighted by molar-refractivity contribution is -0.128. The van der Waals surface area contributed by atoms with Crippen LogP contribution in [0.15, 0.2) is 35.7 Å². The minimum atomic E-state index is -0.00515. The molecule has 106 valence electrons. The van der Waals surface area contributed by atoms with Gasteiger partial charge in [0, 0.05) is 11.9 Å². The van der Waals surface area contributed by atoms with Crippen LogP contribution in [0.5, 0.6) is 0 Å². The van der Waals surface area contributed by atoms with Crippen LogP contribution in [0.4, 0.5) is 5.69 Å². The van der Waals surface area contributed by atoms with Gasteiger partial charge < -0.3 is 10.2 Å². The summed E-state index contributed by atoms with van der Waals surface area (Å²) >= 11 is 13.6. The van der Waals surface area contributed by atoms with E-state index in [0.717, 1.165) is 4.88 Å². The Bertz CT molecular complexity index is 587. The van der Waals surface area contributed by atoms with Crippen LogP contribution in [-0.4, -0.2) is 24.4 Å². The fourth-order valence-corrected chi connectivity index (χ4v) is 2.80. The monoisotopic (exact) mass is 328 g/mol. The predicted molar refractivity (Wildman–Crippen MR) is 85.7 cm³/mol. The first kappa shape index (κ1) is 15.2. The van der Waals surface area contributed by atoms with Gasteiger partial charge in [-0.1, -0.05) is 35.3 Å². The van der Waals surface area contributed by atoms with E-state index in [4.69, 9.17) is 23.2 Å². The first-order valence-corrected chi connectivity index (χ1v) is 7.65. The lowest BCUT2D eigenvalue weighted by Crippen LogP contribution is -2.31. The van der Waals surface area contributed by atoms with E-state index in [1.165, 1.54) is 0 Å². The number of rotatable bonds is 5. The van der Waals surface area contributed by atoms with E-state index < -0.39 is 0 Å². The van der Waals surface area contributed by atoms with E-state index in [-0.39, 0.29) is 12.5 Å². The molecule has 1 aromatic heterocycles. The van der Waals surface area contributed by atoms with Crippen LogP contribution < -0.4 is 5.32 Å². The second-order valence-corrected chi connectivity index (χ2v) is 6.10. The predicted octanol–water partition coefficient (Wildman–Crippen LogP) is 4.13. The van der Waals surface area contributed by atoms with Gasteiger partial charge in [0.1, 0.15) is 0 Å². The lowest BCUT2D eigenvalue weighted by Gasteiger charge is -2.17. The molecule has 6 heteroatoms. The van der Waals surface area contributed by atoms with E-state index in [0.29, 0.717) is 22.3 Å². The van der Waals surface area contributed by atoms with Gasteiger partial charge in [0.05, 0.1) is 28.8 Å². The number of likely N-dealkylation sites (N-methyl/N-ethyl adjacent to an activating group) is 1. The van der Waals surface area contributed by atoms with E-state index in [1.807, 2.05) is 17.5 Å². The molecule has 0 atom stereocenters. The summed E-state index contributed by atoms with van der Waals surface area (Å²) in [7, 11) is 1.78. The first-order valence-electron chi connectivity index (χ1n) is 6.02. The summed E-state index contributed by atoms with van der Waals surface area (Å²) < 4.78 is 0.